The number of carbonyl (C=O) groups is 3. The summed E-state index contributed by atoms with van der Waals surface area (Å²) in [5, 5.41) is 3.27. The van der Waals surface area contributed by atoms with E-state index in [1.807, 2.05) is 31.7 Å². The number of hydrogen-bond acceptors (Lipinski definition) is 9. The van der Waals surface area contributed by atoms with E-state index in [-0.39, 0.29) is 28.8 Å². The molecule has 2 aliphatic rings. The predicted octanol–water partition coefficient (Wildman–Crippen LogP) is 6.83. The summed E-state index contributed by atoms with van der Waals surface area (Å²) in [4.78, 5) is 53.5. The van der Waals surface area contributed by atoms with Crippen molar-refractivity contribution in [1.82, 2.24) is 20.2 Å². The Balaban J connectivity index is 1.44. The fraction of sp³-hybridized carbons (Fsp3) is 0.541. The van der Waals surface area contributed by atoms with E-state index >= 15 is 4.39 Å². The molecule has 2 saturated heterocycles. The molecule has 1 aromatic carbocycles. The number of carbonyl (C=O) groups excluding carboxylic acids is 3. The minimum atomic E-state index is -0.841. The number of amides is 2. The lowest BCUT2D eigenvalue weighted by molar-refractivity contribution is 0.00711. The number of alkyl carbamates (subject to hydrolysis) is 1. The number of benzene rings is 1. The lowest BCUT2D eigenvalue weighted by Crippen LogP contribution is -2.48. The number of anilines is 2. The van der Waals surface area contributed by atoms with Crippen molar-refractivity contribution in [2.45, 2.75) is 85.0 Å². The van der Waals surface area contributed by atoms with Crippen molar-refractivity contribution in [3.05, 3.63) is 48.0 Å². The van der Waals surface area contributed by atoms with Crippen molar-refractivity contribution in [3.63, 3.8) is 0 Å². The molecule has 0 aliphatic carbocycles. The van der Waals surface area contributed by atoms with Crippen LogP contribution in [0, 0.1) is 11.2 Å². The highest BCUT2D eigenvalue weighted by Crippen LogP contribution is 2.43. The normalized spacial score (nSPS) is 18.8. The second-order valence-corrected chi connectivity index (χ2v) is 15.6. The largest absolute Gasteiger partial charge is 0.444 e. The maximum absolute atomic E-state index is 15.4. The highest BCUT2D eigenvalue weighted by atomic mass is 19.1. The number of pyridine rings is 2. The van der Waals surface area contributed by atoms with Gasteiger partial charge < -0.3 is 29.5 Å². The second kappa shape index (κ2) is 13.4. The first-order chi connectivity index (χ1) is 22.8. The standard InChI is InChI=1S/C37H49FN6O5/c1-23(40-33(46)48-35(2,3)4)32(45)27-12-11-24(20-39-27)28-18-30(25-17-26(38)31(42(8)9)19-29(25)41-28)43-16-14-37(21-43)13-10-15-44(22-37)34(47)49-36(5,6)7/h11-12,17-20,23H,10,13-16,21-22H2,1-9H3,(H,40,46). The van der Waals surface area contributed by atoms with Gasteiger partial charge in [0.05, 0.1) is 22.9 Å². The Bertz CT molecular complexity index is 1730. The lowest BCUT2D eigenvalue weighted by atomic mass is 9.79. The van der Waals surface area contributed by atoms with E-state index in [4.69, 9.17) is 14.5 Å². The van der Waals surface area contributed by atoms with Crippen LogP contribution in [0.25, 0.3) is 22.2 Å². The molecular formula is C37H49FN6O5. The molecule has 2 aromatic heterocycles. The van der Waals surface area contributed by atoms with Crippen LogP contribution in [0.4, 0.5) is 25.4 Å². The predicted molar refractivity (Wildman–Crippen MR) is 189 cm³/mol. The van der Waals surface area contributed by atoms with E-state index in [0.717, 1.165) is 31.5 Å². The van der Waals surface area contributed by atoms with Gasteiger partial charge in [0.15, 0.2) is 0 Å². The number of rotatable bonds is 6. The number of halogens is 1. The topological polar surface area (TPSA) is 117 Å². The average molecular weight is 677 g/mol. The van der Waals surface area contributed by atoms with Crippen molar-refractivity contribution in [1.29, 1.82) is 0 Å². The third-order valence-corrected chi connectivity index (χ3v) is 8.87. The third-order valence-electron chi connectivity index (χ3n) is 8.87. The van der Waals surface area contributed by atoms with Crippen LogP contribution in [-0.4, -0.2) is 90.4 Å². The molecule has 12 heteroatoms. The molecule has 2 unspecified atom stereocenters. The zero-order chi connectivity index (χ0) is 35.9. The minimum Gasteiger partial charge on any atom is -0.444 e. The van der Waals surface area contributed by atoms with Gasteiger partial charge in [-0.2, -0.15) is 0 Å². The number of ether oxygens (including phenoxy) is 2. The second-order valence-electron chi connectivity index (χ2n) is 15.6. The molecule has 5 rings (SSSR count). The number of hydrogen-bond donors (Lipinski definition) is 1. The molecule has 264 valence electrons. The molecule has 49 heavy (non-hydrogen) atoms. The zero-order valence-corrected chi connectivity index (χ0v) is 30.1. The van der Waals surface area contributed by atoms with Crippen LogP contribution < -0.4 is 15.1 Å². The Morgan fingerprint density at radius 3 is 2.33 bits per heavy atom. The first-order valence-corrected chi connectivity index (χ1v) is 16.9. The van der Waals surface area contributed by atoms with Crippen LogP contribution in [0.15, 0.2) is 36.5 Å². The first-order valence-electron chi connectivity index (χ1n) is 16.9. The molecule has 4 heterocycles. The van der Waals surface area contributed by atoms with Crippen molar-refractivity contribution >= 4 is 40.2 Å². The third kappa shape index (κ3) is 8.40. The maximum Gasteiger partial charge on any atom is 0.410 e. The van der Waals surface area contributed by atoms with E-state index in [2.05, 4.69) is 15.2 Å². The summed E-state index contributed by atoms with van der Waals surface area (Å²) in [6.45, 7) is 15.2. The van der Waals surface area contributed by atoms with Gasteiger partial charge in [-0.25, -0.2) is 19.0 Å². The van der Waals surface area contributed by atoms with Gasteiger partial charge in [0, 0.05) is 68.5 Å². The molecule has 0 radical (unpaired) electrons. The average Bonchev–Trinajstić information content (AvgIpc) is 3.40. The van der Waals surface area contributed by atoms with Gasteiger partial charge in [-0.1, -0.05) is 0 Å². The highest BCUT2D eigenvalue weighted by Gasteiger charge is 2.44. The monoisotopic (exact) mass is 676 g/mol. The number of aromatic nitrogens is 2. The van der Waals surface area contributed by atoms with Gasteiger partial charge in [0.2, 0.25) is 5.78 Å². The molecule has 1 N–H and O–H groups in total. The molecule has 0 saturated carbocycles. The number of nitrogens with zero attached hydrogens (tertiary/aromatic N) is 5. The molecule has 0 bridgehead atoms. The maximum atomic E-state index is 15.4. The van der Waals surface area contributed by atoms with Crippen LogP contribution in [0.5, 0.6) is 0 Å². The SMILES string of the molecule is CC(NC(=O)OC(C)(C)C)C(=O)c1ccc(-c2cc(N3CCC4(CCCN(C(=O)OC(C)(C)C)C4)C3)c3cc(F)c(N(C)C)cc3n2)cn1. The van der Waals surface area contributed by atoms with Crippen molar-refractivity contribution in [2.75, 3.05) is 50.1 Å². The Morgan fingerprint density at radius 2 is 1.69 bits per heavy atom. The molecule has 1 spiro atoms. The molecule has 2 aliphatic heterocycles. The van der Waals surface area contributed by atoms with Gasteiger partial charge in [-0.3, -0.25) is 9.78 Å². The van der Waals surface area contributed by atoms with E-state index < -0.39 is 23.3 Å². The van der Waals surface area contributed by atoms with Gasteiger partial charge in [0.25, 0.3) is 0 Å². The van der Waals surface area contributed by atoms with E-state index in [0.29, 0.717) is 47.5 Å². The number of ketones is 1. The molecule has 2 atom stereocenters. The smallest absolute Gasteiger partial charge is 0.410 e. The van der Waals surface area contributed by atoms with Gasteiger partial charge in [-0.05, 0) is 98.1 Å². The van der Waals surface area contributed by atoms with Crippen molar-refractivity contribution in [2.24, 2.45) is 5.41 Å². The van der Waals surface area contributed by atoms with Crippen LogP contribution in [0.3, 0.4) is 0 Å². The molecule has 2 amide bonds. The van der Waals surface area contributed by atoms with Crippen molar-refractivity contribution < 1.29 is 28.2 Å². The number of likely N-dealkylation sites (tertiary alicyclic amines) is 1. The Hall–Kier alpha value is -4.48. The zero-order valence-electron chi connectivity index (χ0n) is 30.1. The fourth-order valence-corrected chi connectivity index (χ4v) is 6.60. The molecular weight excluding hydrogens is 627 g/mol. The summed E-state index contributed by atoms with van der Waals surface area (Å²) in [6.07, 6.45) is 3.38. The van der Waals surface area contributed by atoms with Crippen LogP contribution in [0.1, 0.15) is 78.2 Å². The van der Waals surface area contributed by atoms with Crippen molar-refractivity contribution in [3.8, 4) is 11.3 Å². The van der Waals surface area contributed by atoms with Crippen LogP contribution in [0.2, 0.25) is 0 Å². The first kappa shape index (κ1) is 35.8. The summed E-state index contributed by atoms with van der Waals surface area (Å²) in [7, 11) is 3.58. The number of piperidine rings is 1. The molecule has 2 fully saturated rings. The summed E-state index contributed by atoms with van der Waals surface area (Å²) in [5.74, 6) is -0.694. The minimum absolute atomic E-state index is 0.110. The van der Waals surface area contributed by atoms with Crippen LogP contribution in [-0.2, 0) is 9.47 Å². The van der Waals surface area contributed by atoms with Gasteiger partial charge >= 0.3 is 12.2 Å². The number of nitrogens with one attached hydrogen (secondary N) is 1. The summed E-state index contributed by atoms with van der Waals surface area (Å²) < 4.78 is 26.4. The number of fused-ring (bicyclic) bond motifs is 1. The summed E-state index contributed by atoms with van der Waals surface area (Å²) in [5.41, 5.74) is 2.05. The quantitative estimate of drug-likeness (QED) is 0.281. The lowest BCUT2D eigenvalue weighted by Gasteiger charge is -2.40. The van der Waals surface area contributed by atoms with Crippen LogP contribution >= 0.6 is 0 Å². The van der Waals surface area contributed by atoms with Gasteiger partial charge in [0.1, 0.15) is 22.7 Å². The summed E-state index contributed by atoms with van der Waals surface area (Å²) >= 11 is 0. The van der Waals surface area contributed by atoms with E-state index in [1.54, 1.807) is 77.2 Å². The Labute approximate surface area is 288 Å². The highest BCUT2D eigenvalue weighted by molar-refractivity contribution is 6.00. The van der Waals surface area contributed by atoms with E-state index in [9.17, 15) is 14.4 Å². The van der Waals surface area contributed by atoms with E-state index in [1.165, 1.54) is 0 Å². The molecule has 3 aromatic rings. The van der Waals surface area contributed by atoms with Gasteiger partial charge in [-0.15, -0.1) is 0 Å². The molecule has 11 nitrogen and oxygen atoms in total. The summed E-state index contributed by atoms with van der Waals surface area (Å²) in [6, 6.07) is 7.81. The Morgan fingerprint density at radius 1 is 0.980 bits per heavy atom. The number of Topliss-reactive ketones (excluding diaryl/α,β-unsaturated/α-hetero) is 1. The fourth-order valence-electron chi connectivity index (χ4n) is 6.60. The Kier molecular flexibility index (Phi) is 9.82.